The fraction of sp³-hybridized carbons (Fsp3) is 0.579. The van der Waals surface area contributed by atoms with E-state index in [2.05, 4.69) is 35.2 Å². The third-order valence-electron chi connectivity index (χ3n) is 4.36. The maximum absolute atomic E-state index is 2.68. The van der Waals surface area contributed by atoms with Crippen molar-refractivity contribution in [2.24, 2.45) is 11.8 Å². The van der Waals surface area contributed by atoms with Crippen molar-refractivity contribution in [3.8, 4) is 0 Å². The van der Waals surface area contributed by atoms with E-state index in [4.69, 9.17) is 0 Å². The molecule has 2 fully saturated rings. The van der Waals surface area contributed by atoms with Gasteiger partial charge in [0.2, 0.25) is 0 Å². The van der Waals surface area contributed by atoms with Crippen LogP contribution in [0.4, 0.5) is 0 Å². The van der Waals surface area contributed by atoms with Gasteiger partial charge in [-0.1, -0.05) is 50.6 Å². The molecule has 2 atom stereocenters. The van der Waals surface area contributed by atoms with E-state index in [9.17, 15) is 0 Å². The molecule has 0 spiro atoms. The van der Waals surface area contributed by atoms with Crippen LogP contribution in [0.2, 0.25) is 0 Å². The third-order valence-corrected chi connectivity index (χ3v) is 4.36. The summed E-state index contributed by atoms with van der Waals surface area (Å²) >= 11 is 0. The van der Waals surface area contributed by atoms with Crippen LogP contribution in [0.1, 0.15) is 38.7 Å². The zero-order chi connectivity index (χ0) is 12.8. The number of hydrogen-bond acceptors (Lipinski definition) is 1. The Labute approximate surface area is 179 Å². The van der Waals surface area contributed by atoms with Crippen molar-refractivity contribution in [1.29, 1.82) is 0 Å². The molecule has 125 valence electrons. The summed E-state index contributed by atoms with van der Waals surface area (Å²) in [5, 5.41) is 0. The smallest absolute Gasteiger partial charge is 0.00221 e. The number of benzene rings is 1. The quantitative estimate of drug-likeness (QED) is 0.487. The summed E-state index contributed by atoms with van der Waals surface area (Å²) in [6.45, 7) is 8.01. The molecule has 1 aromatic carbocycles. The van der Waals surface area contributed by atoms with E-state index in [1.165, 1.54) is 50.9 Å². The van der Waals surface area contributed by atoms with Crippen molar-refractivity contribution in [1.82, 2.24) is 4.90 Å². The molecule has 1 nitrogen and oxygen atoms in total. The minimum atomic E-state index is 0. The summed E-state index contributed by atoms with van der Waals surface area (Å²) in [4.78, 5) is 2.68. The van der Waals surface area contributed by atoms with E-state index in [1.54, 1.807) is 0 Å². The largest absolute Gasteiger partial charge is 0.358 e. The van der Waals surface area contributed by atoms with E-state index >= 15 is 0 Å². The van der Waals surface area contributed by atoms with Gasteiger partial charge in [0.25, 0.3) is 0 Å². The molecule has 1 heterocycles. The molecule has 3 rings (SSSR count). The van der Waals surface area contributed by atoms with Crippen molar-refractivity contribution in [3.63, 3.8) is 0 Å². The maximum atomic E-state index is 2.68. The fourth-order valence-corrected chi connectivity index (χ4v) is 3.45. The molecule has 1 radical (unpaired) electrons. The first-order valence-electron chi connectivity index (χ1n) is 7.68. The van der Waals surface area contributed by atoms with Crippen LogP contribution < -0.4 is 0 Å². The summed E-state index contributed by atoms with van der Waals surface area (Å²) in [7, 11) is 0. The van der Waals surface area contributed by atoms with Gasteiger partial charge in [0.1, 0.15) is 0 Å². The molecule has 0 aromatic heterocycles. The maximum Gasteiger partial charge on any atom is 0.00221 e. The average molecular weight is 548 g/mol. The Morgan fingerprint density at radius 1 is 0.955 bits per heavy atom. The van der Waals surface area contributed by atoms with Crippen LogP contribution >= 0.6 is 0 Å². The molecule has 22 heavy (non-hydrogen) atoms. The van der Waals surface area contributed by atoms with E-state index in [-0.39, 0.29) is 68.6 Å². The summed E-state index contributed by atoms with van der Waals surface area (Å²) in [6.07, 6.45) is 5.70. The predicted octanol–water partition coefficient (Wildman–Crippen LogP) is 4.88. The topological polar surface area (TPSA) is 3.24 Å². The van der Waals surface area contributed by atoms with Crippen LogP contribution in [-0.4, -0.2) is 24.5 Å². The van der Waals surface area contributed by atoms with Gasteiger partial charge in [0.15, 0.2) is 0 Å². The normalized spacial score (nSPS) is 21.7. The number of likely N-dealkylation sites (tertiary alicyclic amines) is 1. The molecule has 1 saturated heterocycles. The predicted molar refractivity (Wildman–Crippen MR) is 91.6 cm³/mol. The summed E-state index contributed by atoms with van der Waals surface area (Å²) in [5.74, 6) is 2.08. The molecule has 1 aromatic rings. The van der Waals surface area contributed by atoms with Gasteiger partial charge in [0.05, 0.1) is 0 Å². The second-order valence-electron chi connectivity index (χ2n) is 5.45. The number of hydrogen-bond donors (Lipinski definition) is 0. The van der Waals surface area contributed by atoms with Gasteiger partial charge in [-0.05, 0) is 36.7 Å². The Morgan fingerprint density at radius 3 is 1.95 bits per heavy atom. The van der Waals surface area contributed by atoms with Gasteiger partial charge in [-0.15, -0.1) is 0 Å². The number of fused-ring (bicyclic) bond motifs is 1. The minimum Gasteiger partial charge on any atom is -0.358 e. The number of nitrogens with zero attached hydrogens (tertiary/aromatic N) is 1. The van der Waals surface area contributed by atoms with Gasteiger partial charge >= 0.3 is 0 Å². The van der Waals surface area contributed by atoms with E-state index in [0.29, 0.717) is 0 Å². The summed E-state index contributed by atoms with van der Waals surface area (Å²) < 4.78 is 0. The molecule has 1 aliphatic heterocycles. The molecule has 0 amide bonds. The van der Waals surface area contributed by atoms with Crippen molar-refractivity contribution >= 4 is 0 Å². The zero-order valence-corrected chi connectivity index (χ0v) is 20.7. The van der Waals surface area contributed by atoms with Gasteiger partial charge in [-0.2, -0.15) is 0 Å². The molecule has 2 unspecified atom stereocenters. The summed E-state index contributed by atoms with van der Waals surface area (Å²) in [6, 6.07) is 10.9. The summed E-state index contributed by atoms with van der Waals surface area (Å²) in [5.41, 5.74) is 1.49. The molecule has 0 N–H and O–H groups in total. The fourth-order valence-electron chi connectivity index (χ4n) is 3.45. The van der Waals surface area contributed by atoms with Crippen LogP contribution in [0.5, 0.6) is 0 Å². The van der Waals surface area contributed by atoms with Crippen LogP contribution in [0.3, 0.4) is 0 Å². The Kier molecular flexibility index (Phi) is 19.6. The first-order valence-corrected chi connectivity index (χ1v) is 7.68. The molecule has 2 aliphatic rings. The minimum absolute atomic E-state index is 0. The van der Waals surface area contributed by atoms with Crippen molar-refractivity contribution in [2.75, 3.05) is 19.6 Å². The number of rotatable bonds is 3. The van der Waals surface area contributed by atoms with Crippen LogP contribution in [0.15, 0.2) is 30.3 Å². The first kappa shape index (κ1) is 27.8. The molecule has 0 bridgehead atoms. The Morgan fingerprint density at radius 2 is 1.45 bits per heavy atom. The van der Waals surface area contributed by atoms with E-state index < -0.39 is 0 Å². The Hall–Kier alpha value is 0.972. The van der Waals surface area contributed by atoms with Crippen LogP contribution in [0, 0.1) is 26.7 Å². The monoisotopic (exact) mass is 548 g/mol. The van der Waals surface area contributed by atoms with Crippen molar-refractivity contribution in [2.45, 2.75) is 39.5 Å². The SMILES string of the molecule is CC.[CH3-].[CH3-].[W].[Y].c1ccc(CCN2CC3CCCC3C2)cc1. The van der Waals surface area contributed by atoms with Crippen LogP contribution in [-0.2, 0) is 60.2 Å². The van der Waals surface area contributed by atoms with Gasteiger partial charge in [-0.25, -0.2) is 0 Å². The molecular formula is C19H33NWY-2. The Balaban J connectivity index is -0.000000579. The van der Waals surface area contributed by atoms with Gasteiger partial charge in [0, 0.05) is 73.4 Å². The van der Waals surface area contributed by atoms with Crippen LogP contribution in [0.25, 0.3) is 0 Å². The molecule has 3 heteroatoms. The van der Waals surface area contributed by atoms with Gasteiger partial charge < -0.3 is 19.8 Å². The standard InChI is InChI=1S/C15H21N.C2H6.2CH3.W.Y/c1-2-5-13(6-3-1)9-10-16-11-14-7-4-8-15(14)12-16;1-2;;;;/h1-3,5-6,14-15H,4,7-12H2;1-2H3;2*1H3;;/q;;2*-1;;. The Bertz CT molecular complexity index is 333. The third kappa shape index (κ3) is 8.18. The van der Waals surface area contributed by atoms with E-state index in [1.807, 2.05) is 13.8 Å². The van der Waals surface area contributed by atoms with E-state index in [0.717, 1.165) is 11.8 Å². The van der Waals surface area contributed by atoms with Gasteiger partial charge in [-0.3, -0.25) is 0 Å². The molecular weight excluding hydrogens is 515 g/mol. The molecule has 1 aliphatic carbocycles. The second kappa shape index (κ2) is 15.5. The first-order chi connectivity index (χ1) is 8.92. The second-order valence-corrected chi connectivity index (χ2v) is 5.45. The molecule has 1 saturated carbocycles. The van der Waals surface area contributed by atoms with Crippen molar-refractivity contribution in [3.05, 3.63) is 50.7 Å². The zero-order valence-electron chi connectivity index (χ0n) is 14.9. The average Bonchev–Trinajstić information content (AvgIpc) is 3.01. The van der Waals surface area contributed by atoms with Crippen molar-refractivity contribution < 1.29 is 53.8 Å².